The Labute approximate surface area is 102 Å². The lowest BCUT2D eigenvalue weighted by Crippen LogP contribution is -2.19. The second-order valence-electron chi connectivity index (χ2n) is 4.24. The van der Waals surface area contributed by atoms with Crippen molar-refractivity contribution in [3.05, 3.63) is 48.0 Å². The molecule has 0 aliphatic heterocycles. The van der Waals surface area contributed by atoms with Crippen molar-refractivity contribution in [1.82, 2.24) is 4.90 Å². The molecule has 1 aromatic rings. The molecule has 0 amide bonds. The quantitative estimate of drug-likeness (QED) is 0.736. The summed E-state index contributed by atoms with van der Waals surface area (Å²) in [6.45, 7) is 5.28. The number of carbonyl (C=O) groups is 1. The standard InChI is InChI=1S/C14H19NO2/c1-12(14(16)17)7-6-10-15(2)11-13-8-4-3-5-9-13/h3-5,8-9H,1,6-7,10-11H2,2H3,(H,16,17). The van der Waals surface area contributed by atoms with E-state index in [-0.39, 0.29) is 5.57 Å². The van der Waals surface area contributed by atoms with E-state index in [2.05, 4.69) is 23.6 Å². The summed E-state index contributed by atoms with van der Waals surface area (Å²) in [6, 6.07) is 10.2. The van der Waals surface area contributed by atoms with Crippen LogP contribution in [0.25, 0.3) is 0 Å². The smallest absolute Gasteiger partial charge is 0.330 e. The van der Waals surface area contributed by atoms with E-state index >= 15 is 0 Å². The van der Waals surface area contributed by atoms with E-state index in [9.17, 15) is 4.79 Å². The topological polar surface area (TPSA) is 40.5 Å². The molecule has 17 heavy (non-hydrogen) atoms. The predicted molar refractivity (Wildman–Crippen MR) is 68.8 cm³/mol. The van der Waals surface area contributed by atoms with E-state index in [0.29, 0.717) is 6.42 Å². The minimum Gasteiger partial charge on any atom is -0.478 e. The van der Waals surface area contributed by atoms with Crippen LogP contribution in [-0.4, -0.2) is 29.6 Å². The van der Waals surface area contributed by atoms with E-state index in [1.54, 1.807) is 0 Å². The maximum absolute atomic E-state index is 10.6. The molecule has 0 unspecified atom stereocenters. The summed E-state index contributed by atoms with van der Waals surface area (Å²) in [5.41, 5.74) is 1.56. The van der Waals surface area contributed by atoms with Crippen molar-refractivity contribution in [3.8, 4) is 0 Å². The normalized spacial score (nSPS) is 10.5. The predicted octanol–water partition coefficient (Wildman–Crippen LogP) is 2.54. The second kappa shape index (κ2) is 6.86. The van der Waals surface area contributed by atoms with Gasteiger partial charge in [0.05, 0.1) is 0 Å². The molecule has 0 saturated heterocycles. The molecule has 0 aliphatic carbocycles. The van der Waals surface area contributed by atoms with Gasteiger partial charge in [-0.05, 0) is 32.0 Å². The first-order chi connectivity index (χ1) is 8.09. The number of aliphatic carboxylic acids is 1. The van der Waals surface area contributed by atoms with Crippen LogP contribution in [-0.2, 0) is 11.3 Å². The first-order valence-corrected chi connectivity index (χ1v) is 5.73. The average Bonchev–Trinajstić information content (AvgIpc) is 2.30. The Morgan fingerprint density at radius 3 is 2.59 bits per heavy atom. The molecule has 0 saturated carbocycles. The molecule has 92 valence electrons. The van der Waals surface area contributed by atoms with E-state index < -0.39 is 5.97 Å². The molecule has 1 rings (SSSR count). The summed E-state index contributed by atoms with van der Waals surface area (Å²) in [5, 5.41) is 8.67. The molecule has 3 nitrogen and oxygen atoms in total. The van der Waals surface area contributed by atoms with Crippen molar-refractivity contribution in [2.75, 3.05) is 13.6 Å². The SMILES string of the molecule is C=C(CCCN(C)Cc1ccccc1)C(=O)O. The van der Waals surface area contributed by atoms with Gasteiger partial charge in [0.1, 0.15) is 0 Å². The van der Waals surface area contributed by atoms with Crippen LogP contribution in [0.1, 0.15) is 18.4 Å². The molecule has 0 heterocycles. The van der Waals surface area contributed by atoms with Crippen molar-refractivity contribution in [3.63, 3.8) is 0 Å². The Kier molecular flexibility index (Phi) is 5.43. The van der Waals surface area contributed by atoms with E-state index in [1.807, 2.05) is 25.2 Å². The number of nitrogens with zero attached hydrogens (tertiary/aromatic N) is 1. The van der Waals surface area contributed by atoms with Crippen LogP contribution in [0.15, 0.2) is 42.5 Å². The molecule has 1 aromatic carbocycles. The highest BCUT2D eigenvalue weighted by molar-refractivity contribution is 5.85. The van der Waals surface area contributed by atoms with Crippen LogP contribution in [0.4, 0.5) is 0 Å². The van der Waals surface area contributed by atoms with Crippen molar-refractivity contribution in [1.29, 1.82) is 0 Å². The monoisotopic (exact) mass is 233 g/mol. The van der Waals surface area contributed by atoms with Crippen LogP contribution in [0.3, 0.4) is 0 Å². The number of hydrogen-bond acceptors (Lipinski definition) is 2. The fourth-order valence-corrected chi connectivity index (χ4v) is 1.64. The Morgan fingerprint density at radius 1 is 1.35 bits per heavy atom. The molecule has 0 fully saturated rings. The molecule has 0 spiro atoms. The number of rotatable bonds is 7. The zero-order valence-electron chi connectivity index (χ0n) is 10.2. The number of carboxylic acid groups (broad SMARTS) is 1. The van der Waals surface area contributed by atoms with Gasteiger partial charge in [-0.1, -0.05) is 36.9 Å². The molecule has 0 atom stereocenters. The van der Waals surface area contributed by atoms with Crippen molar-refractivity contribution < 1.29 is 9.90 Å². The third kappa shape index (κ3) is 5.31. The summed E-state index contributed by atoms with van der Waals surface area (Å²) in [7, 11) is 2.04. The van der Waals surface area contributed by atoms with Gasteiger partial charge in [0.2, 0.25) is 0 Å². The van der Waals surface area contributed by atoms with Crippen LogP contribution in [0.5, 0.6) is 0 Å². The van der Waals surface area contributed by atoms with Gasteiger partial charge in [0, 0.05) is 12.1 Å². The van der Waals surface area contributed by atoms with E-state index in [4.69, 9.17) is 5.11 Å². The van der Waals surface area contributed by atoms with Gasteiger partial charge < -0.3 is 10.0 Å². The maximum Gasteiger partial charge on any atom is 0.330 e. The molecule has 0 radical (unpaired) electrons. The highest BCUT2D eigenvalue weighted by atomic mass is 16.4. The second-order valence-corrected chi connectivity index (χ2v) is 4.24. The molecule has 0 aromatic heterocycles. The third-order valence-corrected chi connectivity index (χ3v) is 2.62. The highest BCUT2D eigenvalue weighted by Crippen LogP contribution is 2.06. The van der Waals surface area contributed by atoms with Gasteiger partial charge in [0.25, 0.3) is 0 Å². The van der Waals surface area contributed by atoms with Crippen LogP contribution in [0.2, 0.25) is 0 Å². The Hall–Kier alpha value is -1.61. The van der Waals surface area contributed by atoms with Gasteiger partial charge in [-0.3, -0.25) is 0 Å². The zero-order valence-corrected chi connectivity index (χ0v) is 10.2. The Morgan fingerprint density at radius 2 is 2.00 bits per heavy atom. The number of hydrogen-bond donors (Lipinski definition) is 1. The number of carboxylic acids is 1. The van der Waals surface area contributed by atoms with E-state index in [1.165, 1.54) is 5.56 Å². The van der Waals surface area contributed by atoms with Crippen molar-refractivity contribution in [2.45, 2.75) is 19.4 Å². The minimum atomic E-state index is -0.893. The van der Waals surface area contributed by atoms with Gasteiger partial charge in [-0.15, -0.1) is 0 Å². The molecular weight excluding hydrogens is 214 g/mol. The lowest BCUT2D eigenvalue weighted by Gasteiger charge is -2.16. The number of benzene rings is 1. The Bertz CT molecular complexity index is 373. The maximum atomic E-state index is 10.6. The fraction of sp³-hybridized carbons (Fsp3) is 0.357. The van der Waals surface area contributed by atoms with Crippen molar-refractivity contribution in [2.24, 2.45) is 0 Å². The summed E-state index contributed by atoms with van der Waals surface area (Å²) >= 11 is 0. The van der Waals surface area contributed by atoms with Gasteiger partial charge in [0.15, 0.2) is 0 Å². The molecule has 3 heteroatoms. The van der Waals surface area contributed by atoms with Crippen LogP contribution in [0, 0.1) is 0 Å². The summed E-state index contributed by atoms with van der Waals surface area (Å²) in [5.74, 6) is -0.893. The van der Waals surface area contributed by atoms with Gasteiger partial charge in [-0.2, -0.15) is 0 Å². The first kappa shape index (κ1) is 13.5. The summed E-state index contributed by atoms with van der Waals surface area (Å²) < 4.78 is 0. The van der Waals surface area contributed by atoms with Crippen LogP contribution < -0.4 is 0 Å². The third-order valence-electron chi connectivity index (χ3n) is 2.62. The minimum absolute atomic E-state index is 0.290. The molecular formula is C14H19NO2. The lowest BCUT2D eigenvalue weighted by atomic mass is 10.1. The largest absolute Gasteiger partial charge is 0.478 e. The molecule has 0 bridgehead atoms. The fourth-order valence-electron chi connectivity index (χ4n) is 1.64. The average molecular weight is 233 g/mol. The van der Waals surface area contributed by atoms with Gasteiger partial charge >= 0.3 is 5.97 Å². The Balaban J connectivity index is 2.24. The first-order valence-electron chi connectivity index (χ1n) is 5.73. The molecule has 0 aliphatic rings. The van der Waals surface area contributed by atoms with E-state index in [0.717, 1.165) is 19.5 Å². The zero-order chi connectivity index (χ0) is 12.7. The summed E-state index contributed by atoms with van der Waals surface area (Å²) in [6.07, 6.45) is 1.38. The lowest BCUT2D eigenvalue weighted by molar-refractivity contribution is -0.132. The summed E-state index contributed by atoms with van der Waals surface area (Å²) in [4.78, 5) is 12.7. The van der Waals surface area contributed by atoms with Gasteiger partial charge in [-0.25, -0.2) is 4.79 Å². The molecule has 1 N–H and O–H groups in total. The van der Waals surface area contributed by atoms with Crippen LogP contribution >= 0.6 is 0 Å². The van der Waals surface area contributed by atoms with Crippen molar-refractivity contribution >= 4 is 5.97 Å². The highest BCUT2D eigenvalue weighted by Gasteiger charge is 2.05.